The highest BCUT2D eigenvalue weighted by Crippen LogP contribution is 2.29. The van der Waals surface area contributed by atoms with E-state index < -0.39 is 0 Å². The molecule has 1 heterocycles. The normalized spacial score (nSPS) is 25.2. The number of piperazine rings is 1. The number of benzene rings is 1. The van der Waals surface area contributed by atoms with Gasteiger partial charge in [-0.2, -0.15) is 0 Å². The number of hydrogen-bond donors (Lipinski definition) is 1. The van der Waals surface area contributed by atoms with Gasteiger partial charge in [-0.3, -0.25) is 4.90 Å². The highest BCUT2D eigenvalue weighted by atomic mass is 15.3. The van der Waals surface area contributed by atoms with Crippen LogP contribution in [0.25, 0.3) is 0 Å². The Bertz CT molecular complexity index is 441. The third-order valence-corrected chi connectivity index (χ3v) is 5.02. The van der Waals surface area contributed by atoms with E-state index >= 15 is 0 Å². The van der Waals surface area contributed by atoms with Gasteiger partial charge in [0.05, 0.1) is 0 Å². The minimum Gasteiger partial charge on any atom is -0.311 e. The van der Waals surface area contributed by atoms with Gasteiger partial charge in [0, 0.05) is 31.2 Å². The molecule has 21 heavy (non-hydrogen) atoms. The first-order valence-electron chi connectivity index (χ1n) is 8.59. The van der Waals surface area contributed by atoms with Crippen LogP contribution in [0.5, 0.6) is 0 Å². The van der Waals surface area contributed by atoms with Crippen molar-refractivity contribution in [3.63, 3.8) is 0 Å². The molecule has 2 rings (SSSR count). The molecule has 0 saturated carbocycles. The summed E-state index contributed by atoms with van der Waals surface area (Å²) in [6.45, 7) is 13.9. The fourth-order valence-electron chi connectivity index (χ4n) is 3.70. The average molecular weight is 288 g/mol. The van der Waals surface area contributed by atoms with Gasteiger partial charge in [-0.05, 0) is 37.3 Å². The topological polar surface area (TPSA) is 15.3 Å². The molecule has 1 aromatic carbocycles. The van der Waals surface area contributed by atoms with E-state index in [0.717, 1.165) is 6.54 Å². The van der Waals surface area contributed by atoms with E-state index in [0.29, 0.717) is 24.0 Å². The van der Waals surface area contributed by atoms with Crippen molar-refractivity contribution in [2.45, 2.75) is 65.6 Å². The zero-order valence-corrected chi connectivity index (χ0v) is 14.4. The van der Waals surface area contributed by atoms with E-state index in [9.17, 15) is 0 Å². The first-order valence-corrected chi connectivity index (χ1v) is 8.59. The molecule has 1 aliphatic heterocycles. The van der Waals surface area contributed by atoms with Crippen LogP contribution < -0.4 is 5.32 Å². The maximum atomic E-state index is 3.76. The number of aryl methyl sites for hydroxylation is 1. The van der Waals surface area contributed by atoms with Crippen molar-refractivity contribution in [2.24, 2.45) is 5.92 Å². The summed E-state index contributed by atoms with van der Waals surface area (Å²) in [5.74, 6) is 0.687. The smallest absolute Gasteiger partial charge is 0.0326 e. The van der Waals surface area contributed by atoms with Crippen LogP contribution in [0.4, 0.5) is 0 Å². The standard InChI is InChI=1S/C19H32N2/c1-6-9-17-13-21(19(12-20-17)14(2)3)16(5)18-11-8-7-10-15(18)4/h7-8,10-11,14,16-17,19-20H,6,9,12-13H2,1-5H3. The first kappa shape index (κ1) is 16.5. The molecule has 1 aliphatic rings. The van der Waals surface area contributed by atoms with Crippen LogP contribution >= 0.6 is 0 Å². The zero-order chi connectivity index (χ0) is 15.4. The van der Waals surface area contributed by atoms with Gasteiger partial charge >= 0.3 is 0 Å². The van der Waals surface area contributed by atoms with Crippen molar-refractivity contribution >= 4 is 0 Å². The summed E-state index contributed by atoms with van der Waals surface area (Å²) in [6, 6.07) is 10.6. The molecular formula is C19H32N2. The van der Waals surface area contributed by atoms with E-state index in [1.165, 1.54) is 30.5 Å². The Morgan fingerprint density at radius 1 is 1.24 bits per heavy atom. The van der Waals surface area contributed by atoms with Gasteiger partial charge < -0.3 is 5.32 Å². The van der Waals surface area contributed by atoms with Crippen LogP contribution in [0.2, 0.25) is 0 Å². The monoisotopic (exact) mass is 288 g/mol. The second-order valence-corrected chi connectivity index (χ2v) is 6.93. The number of nitrogens with zero attached hydrogens (tertiary/aromatic N) is 1. The maximum absolute atomic E-state index is 3.76. The quantitative estimate of drug-likeness (QED) is 0.875. The predicted molar refractivity (Wildman–Crippen MR) is 91.6 cm³/mol. The van der Waals surface area contributed by atoms with Crippen LogP contribution in [-0.4, -0.2) is 30.1 Å². The SMILES string of the molecule is CCCC1CN(C(C)c2ccccc2C)C(C(C)C)CN1. The lowest BCUT2D eigenvalue weighted by atomic mass is 9.92. The molecule has 3 atom stereocenters. The zero-order valence-electron chi connectivity index (χ0n) is 14.4. The van der Waals surface area contributed by atoms with E-state index in [-0.39, 0.29) is 0 Å². The Labute approximate surface area is 130 Å². The van der Waals surface area contributed by atoms with Crippen LogP contribution in [0.1, 0.15) is 57.7 Å². The summed E-state index contributed by atoms with van der Waals surface area (Å²) in [7, 11) is 0. The first-order chi connectivity index (χ1) is 10.0. The highest BCUT2D eigenvalue weighted by molar-refractivity contribution is 5.28. The van der Waals surface area contributed by atoms with Gasteiger partial charge in [-0.1, -0.05) is 51.5 Å². The molecule has 0 aliphatic carbocycles. The minimum atomic E-state index is 0.500. The molecule has 0 spiro atoms. The lowest BCUT2D eigenvalue weighted by Crippen LogP contribution is -2.58. The Balaban J connectivity index is 2.20. The Kier molecular flexibility index (Phi) is 5.83. The van der Waals surface area contributed by atoms with E-state index in [4.69, 9.17) is 0 Å². The molecule has 0 radical (unpaired) electrons. The average Bonchev–Trinajstić information content (AvgIpc) is 2.47. The van der Waals surface area contributed by atoms with Crippen molar-refractivity contribution in [2.75, 3.05) is 13.1 Å². The number of hydrogen-bond acceptors (Lipinski definition) is 2. The molecule has 0 amide bonds. The van der Waals surface area contributed by atoms with Crippen LogP contribution in [0.3, 0.4) is 0 Å². The van der Waals surface area contributed by atoms with Crippen molar-refractivity contribution in [1.29, 1.82) is 0 Å². The minimum absolute atomic E-state index is 0.500. The van der Waals surface area contributed by atoms with Gasteiger partial charge in [0.2, 0.25) is 0 Å². The maximum Gasteiger partial charge on any atom is 0.0326 e. The summed E-state index contributed by atoms with van der Waals surface area (Å²) in [5, 5.41) is 3.76. The van der Waals surface area contributed by atoms with Gasteiger partial charge in [0.25, 0.3) is 0 Å². The van der Waals surface area contributed by atoms with Gasteiger partial charge in [0.1, 0.15) is 0 Å². The molecule has 0 aromatic heterocycles. The van der Waals surface area contributed by atoms with Crippen LogP contribution in [0, 0.1) is 12.8 Å². The molecule has 1 fully saturated rings. The second-order valence-electron chi connectivity index (χ2n) is 6.93. The lowest BCUT2D eigenvalue weighted by molar-refractivity contribution is 0.0595. The number of rotatable bonds is 5. The molecule has 2 nitrogen and oxygen atoms in total. The van der Waals surface area contributed by atoms with Crippen LogP contribution in [0.15, 0.2) is 24.3 Å². The van der Waals surface area contributed by atoms with E-state index in [2.05, 4.69) is 69.1 Å². The molecule has 2 heteroatoms. The molecule has 1 N–H and O–H groups in total. The summed E-state index contributed by atoms with van der Waals surface area (Å²) in [5.41, 5.74) is 2.90. The fourth-order valence-corrected chi connectivity index (χ4v) is 3.70. The Morgan fingerprint density at radius 2 is 1.95 bits per heavy atom. The van der Waals surface area contributed by atoms with Crippen LogP contribution in [-0.2, 0) is 0 Å². The summed E-state index contributed by atoms with van der Waals surface area (Å²) >= 11 is 0. The van der Waals surface area contributed by atoms with Gasteiger partial charge in [0.15, 0.2) is 0 Å². The van der Waals surface area contributed by atoms with Crippen molar-refractivity contribution in [3.05, 3.63) is 35.4 Å². The number of nitrogens with one attached hydrogen (secondary N) is 1. The molecule has 118 valence electrons. The Hall–Kier alpha value is -0.860. The largest absolute Gasteiger partial charge is 0.311 e. The van der Waals surface area contributed by atoms with E-state index in [1.807, 2.05) is 0 Å². The molecule has 1 saturated heterocycles. The van der Waals surface area contributed by atoms with E-state index in [1.54, 1.807) is 0 Å². The fraction of sp³-hybridized carbons (Fsp3) is 0.684. The highest BCUT2D eigenvalue weighted by Gasteiger charge is 2.33. The second kappa shape index (κ2) is 7.42. The third kappa shape index (κ3) is 3.87. The summed E-state index contributed by atoms with van der Waals surface area (Å²) in [6.07, 6.45) is 2.54. The van der Waals surface area contributed by atoms with Gasteiger partial charge in [-0.15, -0.1) is 0 Å². The summed E-state index contributed by atoms with van der Waals surface area (Å²) < 4.78 is 0. The predicted octanol–water partition coefficient (Wildman–Crippen LogP) is 4.15. The molecular weight excluding hydrogens is 256 g/mol. The molecule has 1 aromatic rings. The molecule has 0 bridgehead atoms. The van der Waals surface area contributed by atoms with Gasteiger partial charge in [-0.25, -0.2) is 0 Å². The molecule has 3 unspecified atom stereocenters. The van der Waals surface area contributed by atoms with Crippen molar-refractivity contribution in [1.82, 2.24) is 10.2 Å². The summed E-state index contributed by atoms with van der Waals surface area (Å²) in [4.78, 5) is 2.74. The lowest BCUT2D eigenvalue weighted by Gasteiger charge is -2.46. The third-order valence-electron chi connectivity index (χ3n) is 5.02. The van der Waals surface area contributed by atoms with Crippen molar-refractivity contribution < 1.29 is 0 Å². The Morgan fingerprint density at radius 3 is 2.57 bits per heavy atom. The van der Waals surface area contributed by atoms with Crippen molar-refractivity contribution in [3.8, 4) is 0 Å².